The van der Waals surface area contributed by atoms with Gasteiger partial charge in [-0.15, -0.1) is 0 Å². The van der Waals surface area contributed by atoms with Crippen molar-refractivity contribution in [2.45, 2.75) is 37.5 Å². The summed E-state index contributed by atoms with van der Waals surface area (Å²) in [6, 6.07) is 21.8. The number of carbonyl (C=O) groups excluding carboxylic acids is 2. The number of hydrogen-bond acceptors (Lipinski definition) is 4. The first-order chi connectivity index (χ1) is 14.8. The first kappa shape index (κ1) is 21.5. The number of nitrogens with zero attached hydrogens (tertiary/aromatic N) is 1. The molecule has 0 atom stereocenters. The van der Waals surface area contributed by atoms with E-state index in [0.29, 0.717) is 15.5 Å². The third kappa shape index (κ3) is 4.63. The lowest BCUT2D eigenvalue weighted by molar-refractivity contribution is -0.120. The summed E-state index contributed by atoms with van der Waals surface area (Å²) in [5, 5.41) is 0. The van der Waals surface area contributed by atoms with Crippen LogP contribution < -0.4 is 4.90 Å². The SMILES string of the molecule is Cc1ccc(SC2=C(Sc3ccc(C)cc3)C(=O)N(c3cc(C)cc(C)c3)C2=O)cc1. The third-order valence-corrected chi connectivity index (χ3v) is 7.26. The Morgan fingerprint density at radius 3 is 1.32 bits per heavy atom. The minimum atomic E-state index is -0.268. The Balaban J connectivity index is 1.75. The van der Waals surface area contributed by atoms with E-state index in [1.165, 1.54) is 28.4 Å². The molecule has 31 heavy (non-hydrogen) atoms. The second-order valence-corrected chi connectivity index (χ2v) is 9.95. The van der Waals surface area contributed by atoms with Gasteiger partial charge >= 0.3 is 0 Å². The van der Waals surface area contributed by atoms with Crippen molar-refractivity contribution >= 4 is 41.0 Å². The predicted octanol–water partition coefficient (Wildman–Crippen LogP) is 6.59. The van der Waals surface area contributed by atoms with E-state index in [1.54, 1.807) is 0 Å². The smallest absolute Gasteiger partial charge is 0.268 e. The molecule has 0 saturated heterocycles. The van der Waals surface area contributed by atoms with Gasteiger partial charge < -0.3 is 0 Å². The summed E-state index contributed by atoms with van der Waals surface area (Å²) >= 11 is 2.71. The Morgan fingerprint density at radius 1 is 0.548 bits per heavy atom. The fourth-order valence-electron chi connectivity index (χ4n) is 3.43. The van der Waals surface area contributed by atoms with Crippen molar-refractivity contribution < 1.29 is 9.59 Å². The quantitative estimate of drug-likeness (QED) is 0.415. The van der Waals surface area contributed by atoms with Gasteiger partial charge in [0.2, 0.25) is 0 Å². The maximum Gasteiger partial charge on any atom is 0.273 e. The van der Waals surface area contributed by atoms with Crippen LogP contribution in [0.25, 0.3) is 0 Å². The highest BCUT2D eigenvalue weighted by atomic mass is 32.2. The normalized spacial score (nSPS) is 14.0. The first-order valence-electron chi connectivity index (χ1n) is 10.0. The summed E-state index contributed by atoms with van der Waals surface area (Å²) in [6.07, 6.45) is 0. The van der Waals surface area contributed by atoms with Crippen molar-refractivity contribution in [2.75, 3.05) is 4.90 Å². The van der Waals surface area contributed by atoms with Gasteiger partial charge in [-0.05, 0) is 75.2 Å². The zero-order chi connectivity index (χ0) is 22.1. The standard InChI is InChI=1S/C26H23NO2S2/c1-16-5-9-21(10-6-16)30-23-24(31-22-11-7-17(2)8-12-22)26(29)27(25(23)28)20-14-18(3)13-19(4)15-20/h5-15H,1-4H3. The molecule has 0 fully saturated rings. The van der Waals surface area contributed by atoms with Gasteiger partial charge in [-0.2, -0.15) is 0 Å². The Labute approximate surface area is 191 Å². The second kappa shape index (κ2) is 8.77. The van der Waals surface area contributed by atoms with Gasteiger partial charge in [-0.3, -0.25) is 9.59 Å². The molecule has 3 aromatic carbocycles. The summed E-state index contributed by atoms with van der Waals surface area (Å²) in [5.74, 6) is -0.537. The average molecular weight is 446 g/mol. The molecular formula is C26H23NO2S2. The second-order valence-electron chi connectivity index (χ2n) is 7.78. The van der Waals surface area contributed by atoms with E-state index in [9.17, 15) is 9.59 Å². The minimum absolute atomic E-state index is 0.268. The molecule has 0 saturated carbocycles. The lowest BCUT2D eigenvalue weighted by atomic mass is 10.1. The fourth-order valence-corrected chi connectivity index (χ4v) is 5.42. The van der Waals surface area contributed by atoms with Crippen molar-refractivity contribution in [3.05, 3.63) is 98.8 Å². The van der Waals surface area contributed by atoms with Crippen LogP contribution in [0.2, 0.25) is 0 Å². The lowest BCUT2D eigenvalue weighted by Gasteiger charge is -2.16. The Kier molecular flexibility index (Phi) is 6.08. The average Bonchev–Trinajstić information content (AvgIpc) is 2.94. The molecule has 0 aromatic heterocycles. The molecule has 3 nitrogen and oxygen atoms in total. The van der Waals surface area contributed by atoms with E-state index < -0.39 is 0 Å². The lowest BCUT2D eigenvalue weighted by Crippen LogP contribution is -2.31. The largest absolute Gasteiger partial charge is 0.273 e. The van der Waals surface area contributed by atoms with E-state index in [2.05, 4.69) is 0 Å². The van der Waals surface area contributed by atoms with Gasteiger partial charge in [0.05, 0.1) is 15.5 Å². The monoisotopic (exact) mass is 445 g/mol. The number of amides is 2. The number of carbonyl (C=O) groups is 2. The number of anilines is 1. The summed E-state index contributed by atoms with van der Waals surface area (Å²) in [6.45, 7) is 7.99. The molecule has 1 aliphatic rings. The highest BCUT2D eigenvalue weighted by Gasteiger charge is 2.40. The predicted molar refractivity (Wildman–Crippen MR) is 130 cm³/mol. The van der Waals surface area contributed by atoms with E-state index in [1.807, 2.05) is 94.4 Å². The molecule has 0 aliphatic carbocycles. The molecule has 0 spiro atoms. The number of imide groups is 1. The van der Waals surface area contributed by atoms with Crippen molar-refractivity contribution in [3.63, 3.8) is 0 Å². The molecule has 0 radical (unpaired) electrons. The molecule has 5 heteroatoms. The van der Waals surface area contributed by atoms with Crippen molar-refractivity contribution in [2.24, 2.45) is 0 Å². The van der Waals surface area contributed by atoms with Gasteiger partial charge in [0.25, 0.3) is 11.8 Å². The highest BCUT2D eigenvalue weighted by molar-refractivity contribution is 8.08. The van der Waals surface area contributed by atoms with Crippen LogP contribution >= 0.6 is 23.5 Å². The van der Waals surface area contributed by atoms with Gasteiger partial charge in [-0.1, -0.05) is 65.0 Å². The van der Waals surface area contributed by atoms with Gasteiger partial charge in [-0.25, -0.2) is 4.90 Å². The minimum Gasteiger partial charge on any atom is -0.268 e. The van der Waals surface area contributed by atoms with Gasteiger partial charge in [0.15, 0.2) is 0 Å². The van der Waals surface area contributed by atoms with Crippen LogP contribution in [0.15, 0.2) is 86.3 Å². The number of hydrogen-bond donors (Lipinski definition) is 0. The summed E-state index contributed by atoms with van der Waals surface area (Å²) < 4.78 is 0. The van der Waals surface area contributed by atoms with Gasteiger partial charge in [0, 0.05) is 9.79 Å². The van der Waals surface area contributed by atoms with Gasteiger partial charge in [0.1, 0.15) is 0 Å². The van der Waals surface area contributed by atoms with Crippen LogP contribution in [-0.4, -0.2) is 11.8 Å². The number of benzene rings is 3. The Hall–Kier alpha value is -2.76. The highest BCUT2D eigenvalue weighted by Crippen LogP contribution is 2.44. The van der Waals surface area contributed by atoms with E-state index in [0.717, 1.165) is 32.0 Å². The number of rotatable bonds is 5. The fraction of sp³-hybridized carbons (Fsp3) is 0.154. The van der Waals surface area contributed by atoms with Crippen molar-refractivity contribution in [1.82, 2.24) is 0 Å². The van der Waals surface area contributed by atoms with Crippen LogP contribution in [0, 0.1) is 27.7 Å². The molecule has 1 heterocycles. The Morgan fingerprint density at radius 2 is 0.935 bits per heavy atom. The van der Waals surface area contributed by atoms with Crippen LogP contribution in [0.5, 0.6) is 0 Å². The van der Waals surface area contributed by atoms with Crippen LogP contribution in [0.3, 0.4) is 0 Å². The first-order valence-corrected chi connectivity index (χ1v) is 11.7. The number of thioether (sulfide) groups is 2. The van der Waals surface area contributed by atoms with Crippen molar-refractivity contribution in [1.29, 1.82) is 0 Å². The van der Waals surface area contributed by atoms with E-state index in [4.69, 9.17) is 0 Å². The summed E-state index contributed by atoms with van der Waals surface area (Å²) in [7, 11) is 0. The maximum absolute atomic E-state index is 13.5. The Bertz CT molecular complexity index is 1110. The molecule has 0 bridgehead atoms. The van der Waals surface area contributed by atoms with Crippen LogP contribution in [0.4, 0.5) is 5.69 Å². The molecule has 0 N–H and O–H groups in total. The molecule has 156 valence electrons. The zero-order valence-corrected chi connectivity index (χ0v) is 19.6. The molecule has 0 unspecified atom stereocenters. The molecule has 1 aliphatic heterocycles. The van der Waals surface area contributed by atoms with Crippen molar-refractivity contribution in [3.8, 4) is 0 Å². The summed E-state index contributed by atoms with van der Waals surface area (Å²) in [5.41, 5.74) is 4.96. The number of aryl methyl sites for hydroxylation is 4. The molecule has 3 aromatic rings. The molecule has 4 rings (SSSR count). The zero-order valence-electron chi connectivity index (χ0n) is 17.9. The van der Waals surface area contributed by atoms with E-state index in [-0.39, 0.29) is 11.8 Å². The maximum atomic E-state index is 13.5. The third-order valence-electron chi connectivity index (χ3n) is 4.95. The topological polar surface area (TPSA) is 37.4 Å². The summed E-state index contributed by atoms with van der Waals surface area (Å²) in [4.78, 5) is 31.1. The van der Waals surface area contributed by atoms with E-state index >= 15 is 0 Å². The molecule has 2 amide bonds. The van der Waals surface area contributed by atoms with Crippen LogP contribution in [0.1, 0.15) is 22.3 Å². The molecular weight excluding hydrogens is 422 g/mol. The van der Waals surface area contributed by atoms with Crippen LogP contribution in [-0.2, 0) is 9.59 Å².